The molecule has 3 aliphatic heterocycles. The summed E-state index contributed by atoms with van der Waals surface area (Å²) in [6, 6.07) is 13.4. The molecular weight excluding hydrogens is 797 g/mol. The molecule has 0 spiro atoms. The van der Waals surface area contributed by atoms with Crippen molar-refractivity contribution < 1.29 is 19.1 Å². The van der Waals surface area contributed by atoms with Crippen molar-refractivity contribution in [1.29, 1.82) is 0 Å². The standard InChI is InChI=1S/C44H60N10O4S2/c1-4-37(59-29-47-3)31-12-13-32(27-49-42(57)35-11-6-18-48-35)36(24-31)58-23-7-8-30-14-19-54(20-15-30)40(56)26-39(55)51-33-9-5-10-34(25-33)60-43-41(45)52-38(28-50-43)53-21-16-44(2,46)17-22-53/h4-5,9-10,12-13,24-25,28-30,35,48H,6-8,11,14-23,26-27,46H2,1-3H3,(H2,45,52)(H,49,57)(H,51,55)/b37-4+,47-29-/t35-/m0/s1. The van der Waals surface area contributed by atoms with Crippen LogP contribution in [-0.4, -0.2) is 96.1 Å². The van der Waals surface area contributed by atoms with Crippen LogP contribution in [-0.2, 0) is 20.9 Å². The molecule has 4 heterocycles. The maximum atomic E-state index is 13.2. The Morgan fingerprint density at radius 1 is 1.10 bits per heavy atom. The van der Waals surface area contributed by atoms with Crippen LogP contribution in [0.4, 0.5) is 17.3 Å². The number of carbonyl (C=O) groups excluding carboxylic acids is 3. The molecule has 7 N–H and O–H groups in total. The zero-order valence-electron chi connectivity index (χ0n) is 35.1. The van der Waals surface area contributed by atoms with E-state index in [1.807, 2.05) is 36.7 Å². The first-order valence-corrected chi connectivity index (χ1v) is 22.7. The van der Waals surface area contributed by atoms with Crippen molar-refractivity contribution in [1.82, 2.24) is 25.5 Å². The number of nitrogens with zero attached hydrogens (tertiary/aromatic N) is 5. The van der Waals surface area contributed by atoms with E-state index in [0.29, 0.717) is 48.7 Å². The molecule has 3 aliphatic rings. The van der Waals surface area contributed by atoms with Crippen molar-refractivity contribution in [2.45, 2.75) is 99.7 Å². The summed E-state index contributed by atoms with van der Waals surface area (Å²) in [7, 11) is 1.75. The van der Waals surface area contributed by atoms with E-state index in [-0.39, 0.29) is 35.7 Å². The number of nitrogens with two attached hydrogens (primary N) is 2. The topological polar surface area (TPSA) is 193 Å². The van der Waals surface area contributed by atoms with E-state index < -0.39 is 0 Å². The fourth-order valence-electron chi connectivity index (χ4n) is 7.70. The van der Waals surface area contributed by atoms with Crippen molar-refractivity contribution >= 4 is 69.0 Å². The number of amides is 3. The lowest BCUT2D eigenvalue weighted by molar-refractivity contribution is -0.135. The van der Waals surface area contributed by atoms with Crippen LogP contribution in [0, 0.1) is 5.92 Å². The van der Waals surface area contributed by atoms with Crippen LogP contribution >= 0.6 is 23.5 Å². The highest BCUT2D eigenvalue weighted by atomic mass is 32.2. The minimum atomic E-state index is -0.350. The highest BCUT2D eigenvalue weighted by Crippen LogP contribution is 2.34. The van der Waals surface area contributed by atoms with E-state index in [1.54, 1.807) is 36.0 Å². The van der Waals surface area contributed by atoms with E-state index in [4.69, 9.17) is 16.2 Å². The molecule has 60 heavy (non-hydrogen) atoms. The number of piperidine rings is 2. The van der Waals surface area contributed by atoms with Gasteiger partial charge in [-0.25, -0.2) is 9.97 Å². The minimum absolute atomic E-state index is 0.0195. The van der Waals surface area contributed by atoms with E-state index in [2.05, 4.69) is 60.9 Å². The molecule has 3 saturated heterocycles. The van der Waals surface area contributed by atoms with Gasteiger partial charge in [-0.15, -0.1) is 0 Å². The quantitative estimate of drug-likeness (QED) is 0.0456. The van der Waals surface area contributed by atoms with Gasteiger partial charge in [-0.05, 0) is 108 Å². The molecule has 6 rings (SSSR count). The monoisotopic (exact) mass is 856 g/mol. The Morgan fingerprint density at radius 3 is 2.62 bits per heavy atom. The molecule has 0 aliphatic carbocycles. The van der Waals surface area contributed by atoms with Gasteiger partial charge in [-0.2, -0.15) is 0 Å². The van der Waals surface area contributed by atoms with E-state index in [0.717, 1.165) is 103 Å². The number of thioether (sulfide) groups is 1. The number of hydrogen-bond donors (Lipinski definition) is 5. The van der Waals surface area contributed by atoms with Crippen LogP contribution in [0.2, 0.25) is 0 Å². The lowest BCUT2D eigenvalue weighted by Crippen LogP contribution is -2.48. The molecule has 3 fully saturated rings. The molecule has 3 amide bonds. The predicted octanol–water partition coefficient (Wildman–Crippen LogP) is 6.07. The Bertz CT molecular complexity index is 2000. The average Bonchev–Trinajstić information content (AvgIpc) is 3.79. The normalized spacial score (nSPS) is 18.5. The van der Waals surface area contributed by atoms with Crippen molar-refractivity contribution in [2.24, 2.45) is 16.6 Å². The van der Waals surface area contributed by atoms with Crippen LogP contribution < -0.4 is 37.1 Å². The van der Waals surface area contributed by atoms with Crippen molar-refractivity contribution in [3.63, 3.8) is 0 Å². The molecule has 322 valence electrons. The first kappa shape index (κ1) is 44.9. The zero-order valence-corrected chi connectivity index (χ0v) is 36.7. The Morgan fingerprint density at radius 2 is 1.90 bits per heavy atom. The van der Waals surface area contributed by atoms with E-state index in [9.17, 15) is 14.4 Å². The SMILES string of the molecule is C/C=C(/S/C=N\C)c1ccc(CNC(=O)[C@@H]2CCCN2)c(OCCCC2CCN(C(=O)CC(=O)Nc3cccc(Sc4ncc(N5CCC(C)(N)CC5)nc4N)c3)CC2)c1. The Hall–Kier alpha value is -4.64. The van der Waals surface area contributed by atoms with Gasteiger partial charge in [0, 0.05) is 66.4 Å². The zero-order chi connectivity index (χ0) is 42.5. The number of carbonyl (C=O) groups is 3. The Kier molecular flexibility index (Phi) is 16.3. The number of nitrogens with one attached hydrogen (secondary N) is 3. The Balaban J connectivity index is 0.929. The maximum Gasteiger partial charge on any atom is 0.237 e. The summed E-state index contributed by atoms with van der Waals surface area (Å²) in [4.78, 5) is 58.1. The first-order chi connectivity index (χ1) is 29.0. The molecule has 1 atom stereocenters. The predicted molar refractivity (Wildman–Crippen MR) is 243 cm³/mol. The molecule has 3 aromatic rings. The summed E-state index contributed by atoms with van der Waals surface area (Å²) in [6.45, 7) is 8.76. The average molecular weight is 857 g/mol. The number of hydrogen-bond acceptors (Lipinski definition) is 13. The highest BCUT2D eigenvalue weighted by molar-refractivity contribution is 8.20. The van der Waals surface area contributed by atoms with Crippen LogP contribution in [0.15, 0.2) is 69.7 Å². The number of likely N-dealkylation sites (tertiary alicyclic amines) is 1. The van der Waals surface area contributed by atoms with Crippen molar-refractivity contribution in [2.75, 3.05) is 62.3 Å². The summed E-state index contributed by atoms with van der Waals surface area (Å²) in [5.41, 5.74) is 16.8. The molecule has 0 unspecified atom stereocenters. The van der Waals surface area contributed by atoms with Crippen molar-refractivity contribution in [3.8, 4) is 5.75 Å². The molecule has 0 radical (unpaired) electrons. The third-order valence-electron chi connectivity index (χ3n) is 11.3. The van der Waals surface area contributed by atoms with Gasteiger partial charge >= 0.3 is 0 Å². The lowest BCUT2D eigenvalue weighted by atomic mass is 9.91. The summed E-state index contributed by atoms with van der Waals surface area (Å²) >= 11 is 2.93. The number of aromatic nitrogens is 2. The molecule has 16 heteroatoms. The lowest BCUT2D eigenvalue weighted by Gasteiger charge is -2.37. The first-order valence-electron chi connectivity index (χ1n) is 21.0. The number of nitrogen functional groups attached to an aromatic ring is 1. The van der Waals surface area contributed by atoms with Gasteiger partial charge in [0.2, 0.25) is 17.7 Å². The van der Waals surface area contributed by atoms with Gasteiger partial charge in [0.1, 0.15) is 23.0 Å². The fraction of sp³-hybridized carbons (Fsp3) is 0.500. The van der Waals surface area contributed by atoms with Gasteiger partial charge in [0.15, 0.2) is 5.82 Å². The number of ether oxygens (including phenoxy) is 1. The van der Waals surface area contributed by atoms with Gasteiger partial charge in [0.05, 0.1) is 24.4 Å². The summed E-state index contributed by atoms with van der Waals surface area (Å²) in [6.07, 6.45) is 10.8. The van der Waals surface area contributed by atoms with Crippen LogP contribution in [0.25, 0.3) is 4.91 Å². The second kappa shape index (κ2) is 21.7. The number of anilines is 3. The highest BCUT2D eigenvalue weighted by Gasteiger charge is 2.28. The molecule has 0 saturated carbocycles. The smallest absolute Gasteiger partial charge is 0.237 e. The Labute approximate surface area is 362 Å². The van der Waals surface area contributed by atoms with E-state index >= 15 is 0 Å². The van der Waals surface area contributed by atoms with Crippen LogP contribution in [0.5, 0.6) is 5.75 Å². The summed E-state index contributed by atoms with van der Waals surface area (Å²) < 4.78 is 6.39. The maximum absolute atomic E-state index is 13.2. The molecule has 1 aromatic heterocycles. The minimum Gasteiger partial charge on any atom is -0.493 e. The number of benzene rings is 2. The van der Waals surface area contributed by atoms with Gasteiger partial charge < -0.3 is 42.0 Å². The third-order valence-corrected chi connectivity index (χ3v) is 13.4. The second-order valence-corrected chi connectivity index (χ2v) is 18.0. The third kappa shape index (κ3) is 12.9. The fourth-order valence-corrected chi connectivity index (χ4v) is 9.13. The summed E-state index contributed by atoms with van der Waals surface area (Å²) in [5, 5.41) is 9.82. The number of aliphatic imine (C=N–C) groups is 1. The molecule has 2 aromatic carbocycles. The van der Waals surface area contributed by atoms with Crippen molar-refractivity contribution in [3.05, 3.63) is 65.9 Å². The van der Waals surface area contributed by atoms with Gasteiger partial charge in [-0.3, -0.25) is 19.4 Å². The summed E-state index contributed by atoms with van der Waals surface area (Å²) in [5.74, 6) is 1.83. The number of rotatable bonds is 17. The molecule has 0 bridgehead atoms. The van der Waals surface area contributed by atoms with Gasteiger partial charge in [0.25, 0.3) is 0 Å². The number of allylic oxidation sites excluding steroid dienone is 1. The second-order valence-electron chi connectivity index (χ2n) is 16.1. The van der Waals surface area contributed by atoms with Crippen LogP contribution in [0.3, 0.4) is 0 Å². The van der Waals surface area contributed by atoms with E-state index in [1.165, 1.54) is 11.8 Å². The van der Waals surface area contributed by atoms with Gasteiger partial charge in [-0.1, -0.05) is 47.8 Å². The largest absolute Gasteiger partial charge is 0.493 e. The molecule has 14 nitrogen and oxygen atoms in total. The van der Waals surface area contributed by atoms with Crippen LogP contribution in [0.1, 0.15) is 82.8 Å². The molecular formula is C44H60N10O4S2.